The Hall–Kier alpha value is -3.90. The van der Waals surface area contributed by atoms with Crippen molar-refractivity contribution in [2.45, 2.75) is 46.0 Å². The molecule has 0 aliphatic carbocycles. The maximum atomic E-state index is 13.3. The van der Waals surface area contributed by atoms with Gasteiger partial charge in [0, 0.05) is 23.7 Å². The molecule has 7 heteroatoms. The summed E-state index contributed by atoms with van der Waals surface area (Å²) in [6, 6.07) is 26.7. The van der Waals surface area contributed by atoms with E-state index in [1.165, 1.54) is 18.4 Å². The van der Waals surface area contributed by atoms with Crippen LogP contribution in [-0.4, -0.2) is 39.6 Å². The molecule has 2 amide bonds. The molecule has 39 heavy (non-hydrogen) atoms. The van der Waals surface area contributed by atoms with Gasteiger partial charge in [0.15, 0.2) is 0 Å². The first kappa shape index (κ1) is 28.1. The molecule has 6 nitrogen and oxygen atoms in total. The fourth-order valence-electron chi connectivity index (χ4n) is 4.48. The number of aryl methyl sites for hydroxylation is 1. The minimum absolute atomic E-state index is 0.0701. The molecule has 4 aromatic rings. The molecular weight excluding hydrogens is 508 g/mol. The summed E-state index contributed by atoms with van der Waals surface area (Å²) in [4.78, 5) is 28.2. The molecule has 0 aliphatic rings. The molecule has 1 heterocycles. The van der Waals surface area contributed by atoms with Crippen LogP contribution in [0.1, 0.15) is 55.5 Å². The second-order valence-electron chi connectivity index (χ2n) is 9.57. The van der Waals surface area contributed by atoms with E-state index in [1.807, 2.05) is 85.8 Å². The smallest absolute Gasteiger partial charge is 0.254 e. The third-order valence-electron chi connectivity index (χ3n) is 6.51. The number of nitrogens with one attached hydrogen (secondary N) is 1. The van der Waals surface area contributed by atoms with E-state index in [0.29, 0.717) is 34.3 Å². The van der Waals surface area contributed by atoms with Gasteiger partial charge in [0.2, 0.25) is 5.91 Å². The average Bonchev–Trinajstić information content (AvgIpc) is 3.37. The van der Waals surface area contributed by atoms with Crippen molar-refractivity contribution in [1.29, 1.82) is 0 Å². The van der Waals surface area contributed by atoms with Crippen LogP contribution in [0.15, 0.2) is 84.9 Å². The number of nitrogens with zero attached hydrogens (tertiary/aromatic N) is 3. The number of unbranched alkanes of at least 4 members (excludes halogenated alkanes) is 2. The van der Waals surface area contributed by atoms with E-state index in [0.717, 1.165) is 24.8 Å². The molecule has 0 fully saturated rings. The number of aromatic nitrogens is 2. The van der Waals surface area contributed by atoms with Crippen molar-refractivity contribution in [2.24, 2.45) is 0 Å². The summed E-state index contributed by atoms with van der Waals surface area (Å²) in [5, 5.41) is 8.21. The fourth-order valence-corrected chi connectivity index (χ4v) is 4.70. The lowest BCUT2D eigenvalue weighted by Crippen LogP contribution is -2.38. The van der Waals surface area contributed by atoms with Gasteiger partial charge in [0.05, 0.1) is 16.4 Å². The molecule has 0 aliphatic heterocycles. The van der Waals surface area contributed by atoms with Crippen LogP contribution in [0, 0.1) is 0 Å². The SMILES string of the molecule is CCCCCc1ccc(C(=O)N(CCC)CC(=O)Nc2cc(-c3ccccc3)nn2-c2ccccc2Cl)cc1. The second-order valence-corrected chi connectivity index (χ2v) is 9.98. The number of amides is 2. The standard InChI is InChI=1S/C32H35ClN4O2/c1-3-5-7-12-24-17-19-26(20-18-24)32(39)36(21-4-2)23-31(38)34-30-22-28(25-13-8-6-9-14-25)35-37(30)29-16-11-10-15-27(29)33/h6,8-11,13-20,22H,3-5,7,12,21,23H2,1-2H3,(H,34,38). The normalized spacial score (nSPS) is 10.8. The van der Waals surface area contributed by atoms with Crippen LogP contribution < -0.4 is 5.32 Å². The van der Waals surface area contributed by atoms with Gasteiger partial charge in [0.1, 0.15) is 12.4 Å². The van der Waals surface area contributed by atoms with Crippen molar-refractivity contribution < 1.29 is 9.59 Å². The van der Waals surface area contributed by atoms with Crippen LogP contribution >= 0.6 is 11.6 Å². The number of halogens is 1. The molecule has 0 atom stereocenters. The van der Waals surface area contributed by atoms with E-state index in [9.17, 15) is 9.59 Å². The van der Waals surface area contributed by atoms with Gasteiger partial charge in [-0.3, -0.25) is 9.59 Å². The molecular formula is C32H35ClN4O2. The Bertz CT molecular complexity index is 1380. The topological polar surface area (TPSA) is 67.2 Å². The molecule has 0 unspecified atom stereocenters. The zero-order chi connectivity index (χ0) is 27.6. The Morgan fingerprint density at radius 1 is 0.897 bits per heavy atom. The molecule has 0 saturated heterocycles. The monoisotopic (exact) mass is 542 g/mol. The molecule has 0 spiro atoms. The van der Waals surface area contributed by atoms with Crippen LogP contribution in [0.3, 0.4) is 0 Å². The first-order valence-corrected chi connectivity index (χ1v) is 14.0. The first-order chi connectivity index (χ1) is 19.0. The number of carbonyl (C=O) groups is 2. The summed E-state index contributed by atoms with van der Waals surface area (Å²) in [6.07, 6.45) is 5.26. The molecule has 1 N–H and O–H groups in total. The van der Waals surface area contributed by atoms with E-state index in [1.54, 1.807) is 15.6 Å². The molecule has 3 aromatic carbocycles. The summed E-state index contributed by atoms with van der Waals surface area (Å²) < 4.78 is 1.63. The second kappa shape index (κ2) is 13.8. The Morgan fingerprint density at radius 2 is 1.62 bits per heavy atom. The summed E-state index contributed by atoms with van der Waals surface area (Å²) in [6.45, 7) is 4.59. The highest BCUT2D eigenvalue weighted by molar-refractivity contribution is 6.32. The maximum absolute atomic E-state index is 13.3. The Balaban J connectivity index is 1.53. The van der Waals surface area contributed by atoms with Crippen molar-refractivity contribution in [3.8, 4) is 16.9 Å². The first-order valence-electron chi connectivity index (χ1n) is 13.6. The third-order valence-corrected chi connectivity index (χ3v) is 6.83. The number of hydrogen-bond donors (Lipinski definition) is 1. The number of rotatable bonds is 12. The van der Waals surface area contributed by atoms with Crippen LogP contribution in [0.2, 0.25) is 5.02 Å². The molecule has 0 bridgehead atoms. The van der Waals surface area contributed by atoms with E-state index < -0.39 is 0 Å². The van der Waals surface area contributed by atoms with Gasteiger partial charge in [-0.15, -0.1) is 0 Å². The zero-order valence-electron chi connectivity index (χ0n) is 22.6. The van der Waals surface area contributed by atoms with Gasteiger partial charge in [-0.2, -0.15) is 5.10 Å². The largest absolute Gasteiger partial charge is 0.329 e. The van der Waals surface area contributed by atoms with E-state index in [4.69, 9.17) is 16.7 Å². The average molecular weight is 543 g/mol. The van der Waals surface area contributed by atoms with Gasteiger partial charge < -0.3 is 10.2 Å². The van der Waals surface area contributed by atoms with Crippen LogP contribution in [-0.2, 0) is 11.2 Å². The summed E-state index contributed by atoms with van der Waals surface area (Å²) in [5.74, 6) is 0.0183. The molecule has 0 saturated carbocycles. The highest BCUT2D eigenvalue weighted by Gasteiger charge is 2.21. The Morgan fingerprint density at radius 3 is 2.31 bits per heavy atom. The number of hydrogen-bond acceptors (Lipinski definition) is 3. The van der Waals surface area contributed by atoms with Gasteiger partial charge in [-0.05, 0) is 49.1 Å². The minimum atomic E-state index is -0.305. The summed E-state index contributed by atoms with van der Waals surface area (Å²) >= 11 is 6.48. The van der Waals surface area contributed by atoms with E-state index >= 15 is 0 Å². The van der Waals surface area contributed by atoms with Crippen molar-refractivity contribution in [3.05, 3.63) is 101 Å². The predicted molar refractivity (Wildman–Crippen MR) is 159 cm³/mol. The minimum Gasteiger partial charge on any atom is -0.329 e. The summed E-state index contributed by atoms with van der Waals surface area (Å²) in [5.41, 5.74) is 4.08. The molecule has 0 radical (unpaired) electrons. The predicted octanol–water partition coefficient (Wildman–Crippen LogP) is 7.42. The fraction of sp³-hybridized carbons (Fsp3) is 0.281. The number of carbonyl (C=O) groups excluding carboxylic acids is 2. The number of para-hydroxylation sites is 1. The van der Waals surface area contributed by atoms with Crippen molar-refractivity contribution in [2.75, 3.05) is 18.4 Å². The van der Waals surface area contributed by atoms with Crippen molar-refractivity contribution in [3.63, 3.8) is 0 Å². The highest BCUT2D eigenvalue weighted by atomic mass is 35.5. The Kier molecular flexibility index (Phi) is 9.92. The quantitative estimate of drug-likeness (QED) is 0.189. The van der Waals surface area contributed by atoms with Crippen LogP contribution in [0.4, 0.5) is 5.82 Å². The molecule has 4 rings (SSSR count). The van der Waals surface area contributed by atoms with Crippen LogP contribution in [0.5, 0.6) is 0 Å². The Labute approximate surface area is 235 Å². The lowest BCUT2D eigenvalue weighted by molar-refractivity contribution is -0.116. The zero-order valence-corrected chi connectivity index (χ0v) is 23.3. The van der Waals surface area contributed by atoms with Gasteiger partial charge in [0.25, 0.3) is 5.91 Å². The molecule has 202 valence electrons. The van der Waals surface area contributed by atoms with Gasteiger partial charge >= 0.3 is 0 Å². The number of benzene rings is 3. The lowest BCUT2D eigenvalue weighted by Gasteiger charge is -2.22. The highest BCUT2D eigenvalue weighted by Crippen LogP contribution is 2.28. The lowest BCUT2D eigenvalue weighted by atomic mass is 10.0. The van der Waals surface area contributed by atoms with E-state index in [-0.39, 0.29) is 18.4 Å². The third kappa shape index (κ3) is 7.36. The van der Waals surface area contributed by atoms with Crippen LogP contribution in [0.25, 0.3) is 16.9 Å². The van der Waals surface area contributed by atoms with Gasteiger partial charge in [-0.25, -0.2) is 4.68 Å². The summed E-state index contributed by atoms with van der Waals surface area (Å²) in [7, 11) is 0. The van der Waals surface area contributed by atoms with Crippen molar-refractivity contribution in [1.82, 2.24) is 14.7 Å². The maximum Gasteiger partial charge on any atom is 0.254 e. The number of anilines is 1. The van der Waals surface area contributed by atoms with E-state index in [2.05, 4.69) is 12.2 Å². The van der Waals surface area contributed by atoms with Crippen molar-refractivity contribution >= 4 is 29.2 Å². The molecule has 1 aromatic heterocycles. The van der Waals surface area contributed by atoms with Gasteiger partial charge in [-0.1, -0.05) is 92.9 Å².